The van der Waals surface area contributed by atoms with Crippen molar-refractivity contribution in [1.82, 2.24) is 25.8 Å². The first-order valence-electron chi connectivity index (χ1n) is 13.1. The minimum absolute atomic E-state index is 0.0178. The van der Waals surface area contributed by atoms with E-state index in [9.17, 15) is 39.6 Å². The largest absolute Gasteiger partial charge is 0.356 e. The summed E-state index contributed by atoms with van der Waals surface area (Å²) < 4.78 is 0. The van der Waals surface area contributed by atoms with Crippen molar-refractivity contribution in [2.24, 2.45) is 5.73 Å². The normalized spacial score (nSPS) is 11.0. The second-order valence-corrected chi connectivity index (χ2v) is 8.66. The van der Waals surface area contributed by atoms with E-state index in [1.807, 2.05) is 0 Å². The van der Waals surface area contributed by atoms with Gasteiger partial charge in [0.15, 0.2) is 0 Å². The maximum Gasteiger partial charge on any atom is 0.246 e. The molecule has 0 saturated heterocycles. The molecule has 14 nitrogen and oxygen atoms in total. The molecule has 5 amide bonds. The Hall–Kier alpha value is -3.33. The lowest BCUT2D eigenvalue weighted by Gasteiger charge is -2.14. The summed E-state index contributed by atoms with van der Waals surface area (Å²) in [5.74, 6) is -2.28. The van der Waals surface area contributed by atoms with Crippen LogP contribution >= 0.6 is 0 Å². The second kappa shape index (κ2) is 22.6. The van der Waals surface area contributed by atoms with Gasteiger partial charge in [-0.15, -0.1) is 0 Å². The van der Waals surface area contributed by atoms with Gasteiger partial charge in [0.05, 0.1) is 13.1 Å². The Morgan fingerprint density at radius 3 is 1.90 bits per heavy atom. The van der Waals surface area contributed by atoms with Crippen molar-refractivity contribution in [2.45, 2.75) is 64.7 Å². The number of unbranched alkanes of at least 4 members (excludes halogenated alkanes) is 2. The SMILES string of the molecule is CC(=O)N(O)C/C=C/CCNC(=O)CCC(=O)N(O)CC/C=C/CNC(=O)CCC(=O)N(O)CCCCCN. The monoisotopic (exact) mass is 556 g/mol. The Morgan fingerprint density at radius 2 is 1.28 bits per heavy atom. The highest BCUT2D eigenvalue weighted by Gasteiger charge is 2.13. The summed E-state index contributed by atoms with van der Waals surface area (Å²) in [6, 6.07) is 0. The molecule has 0 saturated carbocycles. The summed E-state index contributed by atoms with van der Waals surface area (Å²) in [5.41, 5.74) is 5.39. The molecule has 0 atom stereocenters. The summed E-state index contributed by atoms with van der Waals surface area (Å²) in [4.78, 5) is 58.2. The van der Waals surface area contributed by atoms with E-state index in [1.54, 1.807) is 24.3 Å². The van der Waals surface area contributed by atoms with Gasteiger partial charge in [-0.25, -0.2) is 15.2 Å². The highest BCUT2D eigenvalue weighted by molar-refractivity contribution is 5.83. The predicted molar refractivity (Wildman–Crippen MR) is 141 cm³/mol. The third-order valence-corrected chi connectivity index (χ3v) is 5.31. The van der Waals surface area contributed by atoms with Crippen molar-refractivity contribution in [3.05, 3.63) is 24.3 Å². The van der Waals surface area contributed by atoms with Gasteiger partial charge in [0.25, 0.3) is 0 Å². The predicted octanol–water partition coefficient (Wildman–Crippen LogP) is 0.474. The Morgan fingerprint density at radius 1 is 0.692 bits per heavy atom. The molecule has 39 heavy (non-hydrogen) atoms. The minimum Gasteiger partial charge on any atom is -0.356 e. The van der Waals surface area contributed by atoms with Gasteiger partial charge in [-0.3, -0.25) is 39.6 Å². The summed E-state index contributed by atoms with van der Waals surface area (Å²) in [6.07, 6.45) is 9.28. The number of nitrogens with one attached hydrogen (secondary N) is 2. The number of nitrogens with zero attached hydrogens (tertiary/aromatic N) is 3. The molecule has 0 radical (unpaired) electrons. The minimum atomic E-state index is -0.596. The molecule has 0 fully saturated rings. The van der Waals surface area contributed by atoms with Crippen LogP contribution in [0.5, 0.6) is 0 Å². The maximum atomic E-state index is 11.9. The van der Waals surface area contributed by atoms with Crippen molar-refractivity contribution < 1.29 is 39.6 Å². The van der Waals surface area contributed by atoms with Crippen LogP contribution in [-0.4, -0.2) is 99.6 Å². The van der Waals surface area contributed by atoms with Gasteiger partial charge in [-0.1, -0.05) is 30.7 Å². The van der Waals surface area contributed by atoms with Crippen LogP contribution in [0, 0.1) is 0 Å². The highest BCUT2D eigenvalue weighted by Crippen LogP contribution is 2.01. The average molecular weight is 557 g/mol. The molecule has 0 rings (SSSR count). The lowest BCUT2D eigenvalue weighted by atomic mass is 10.2. The molecule has 0 aliphatic carbocycles. The van der Waals surface area contributed by atoms with Crippen LogP contribution in [-0.2, 0) is 24.0 Å². The summed E-state index contributed by atoms with van der Waals surface area (Å²) in [5, 5.41) is 35.6. The Balaban J connectivity index is 3.90. The quantitative estimate of drug-likeness (QED) is 0.0502. The first-order chi connectivity index (χ1) is 18.6. The third-order valence-electron chi connectivity index (χ3n) is 5.31. The van der Waals surface area contributed by atoms with Crippen LogP contribution in [0.4, 0.5) is 0 Å². The number of hydrogen-bond acceptors (Lipinski definition) is 9. The first-order valence-corrected chi connectivity index (χ1v) is 13.1. The first kappa shape index (κ1) is 35.7. The van der Waals surface area contributed by atoms with Gasteiger partial charge in [0, 0.05) is 52.2 Å². The van der Waals surface area contributed by atoms with Gasteiger partial charge in [-0.05, 0) is 32.2 Å². The van der Waals surface area contributed by atoms with Crippen LogP contribution in [0.3, 0.4) is 0 Å². The van der Waals surface area contributed by atoms with Crippen LogP contribution in [0.25, 0.3) is 0 Å². The molecule has 7 N–H and O–H groups in total. The van der Waals surface area contributed by atoms with E-state index in [0.717, 1.165) is 12.8 Å². The second-order valence-electron chi connectivity index (χ2n) is 8.66. The fourth-order valence-corrected chi connectivity index (χ4v) is 2.99. The van der Waals surface area contributed by atoms with Crippen LogP contribution in [0.1, 0.15) is 64.7 Å². The number of carbonyl (C=O) groups excluding carboxylic acids is 5. The standard InChI is InChI=1S/C25H44N6O8/c1-21(32)29(37)18-9-3-6-16-27-22(33)12-14-25(36)31(39)20-10-4-7-17-28-23(34)11-13-24(35)30(38)19-8-2-5-15-26/h3-4,7,9,37-39H,2,5-6,8,10-20,26H2,1H3,(H,27,33)(H,28,34)/b7-4+,9-3+. The fourth-order valence-electron chi connectivity index (χ4n) is 2.99. The molecule has 0 unspecified atom stereocenters. The van der Waals surface area contributed by atoms with Crippen LogP contribution < -0.4 is 16.4 Å². The molecule has 222 valence electrons. The van der Waals surface area contributed by atoms with Crippen molar-refractivity contribution in [2.75, 3.05) is 39.3 Å². The van der Waals surface area contributed by atoms with Gasteiger partial charge in [0.1, 0.15) is 0 Å². The van der Waals surface area contributed by atoms with Crippen LogP contribution in [0.2, 0.25) is 0 Å². The number of hydroxylamine groups is 6. The lowest BCUT2D eigenvalue weighted by Crippen LogP contribution is -2.31. The average Bonchev–Trinajstić information content (AvgIpc) is 2.91. The maximum absolute atomic E-state index is 11.9. The van der Waals surface area contributed by atoms with Gasteiger partial charge >= 0.3 is 0 Å². The fraction of sp³-hybridized carbons (Fsp3) is 0.640. The zero-order valence-electron chi connectivity index (χ0n) is 22.7. The van der Waals surface area contributed by atoms with E-state index in [2.05, 4.69) is 10.6 Å². The van der Waals surface area contributed by atoms with Crippen molar-refractivity contribution >= 4 is 29.5 Å². The molecular weight excluding hydrogens is 512 g/mol. The Kier molecular flexibility index (Phi) is 20.7. The lowest BCUT2D eigenvalue weighted by molar-refractivity contribution is -0.166. The highest BCUT2D eigenvalue weighted by atomic mass is 16.5. The van der Waals surface area contributed by atoms with E-state index < -0.39 is 17.7 Å². The Labute approximate surface area is 229 Å². The number of carbonyl (C=O) groups is 5. The van der Waals surface area contributed by atoms with E-state index in [4.69, 9.17) is 5.73 Å². The summed E-state index contributed by atoms with van der Waals surface area (Å²) in [7, 11) is 0. The molecule has 0 bridgehead atoms. The van der Waals surface area contributed by atoms with E-state index in [-0.39, 0.29) is 63.7 Å². The van der Waals surface area contributed by atoms with Gasteiger partial charge in [-0.2, -0.15) is 0 Å². The summed E-state index contributed by atoms with van der Waals surface area (Å²) in [6.45, 7) is 2.60. The molecule has 14 heteroatoms. The molecular formula is C25H44N6O8. The van der Waals surface area contributed by atoms with E-state index in [1.165, 1.54) is 6.92 Å². The van der Waals surface area contributed by atoms with Crippen LogP contribution in [0.15, 0.2) is 24.3 Å². The van der Waals surface area contributed by atoms with E-state index in [0.29, 0.717) is 47.5 Å². The molecule has 0 aliphatic heterocycles. The molecule has 0 aromatic heterocycles. The van der Waals surface area contributed by atoms with E-state index >= 15 is 0 Å². The zero-order valence-corrected chi connectivity index (χ0v) is 22.7. The molecule has 0 aromatic rings. The molecule has 0 heterocycles. The smallest absolute Gasteiger partial charge is 0.246 e. The number of hydrogen-bond donors (Lipinski definition) is 6. The Bertz CT molecular complexity index is 820. The van der Waals surface area contributed by atoms with Crippen molar-refractivity contribution in [3.63, 3.8) is 0 Å². The third kappa shape index (κ3) is 20.3. The van der Waals surface area contributed by atoms with Gasteiger partial charge in [0.2, 0.25) is 29.5 Å². The number of nitrogens with two attached hydrogens (primary N) is 1. The van der Waals surface area contributed by atoms with Gasteiger partial charge < -0.3 is 16.4 Å². The molecule has 0 spiro atoms. The van der Waals surface area contributed by atoms with Crippen molar-refractivity contribution in [3.8, 4) is 0 Å². The van der Waals surface area contributed by atoms with Crippen molar-refractivity contribution in [1.29, 1.82) is 0 Å². The number of rotatable bonds is 21. The zero-order chi connectivity index (χ0) is 29.5. The number of amides is 5. The topological polar surface area (TPSA) is 206 Å². The molecule has 0 aliphatic rings. The summed E-state index contributed by atoms with van der Waals surface area (Å²) >= 11 is 0. The molecule has 0 aromatic carbocycles.